The van der Waals surface area contributed by atoms with Crippen LogP contribution in [0.25, 0.3) is 0 Å². The third-order valence-corrected chi connectivity index (χ3v) is 4.96. The topological polar surface area (TPSA) is 52.6 Å². The number of aromatic hydroxyl groups is 1. The van der Waals surface area contributed by atoms with Crippen LogP contribution >= 0.6 is 0 Å². The van der Waals surface area contributed by atoms with Crippen molar-refractivity contribution < 1.29 is 14.3 Å². The van der Waals surface area contributed by atoms with Crippen LogP contribution in [0.15, 0.2) is 48.5 Å². The lowest BCUT2D eigenvalue weighted by Gasteiger charge is -2.35. The second kappa shape index (κ2) is 7.66. The van der Waals surface area contributed by atoms with Gasteiger partial charge in [0.2, 0.25) is 5.91 Å². The van der Waals surface area contributed by atoms with Crippen molar-refractivity contribution in [3.05, 3.63) is 59.9 Å². The Balaban J connectivity index is 1.55. The predicted octanol–water partition coefficient (Wildman–Crippen LogP) is 3.94. The molecule has 1 aliphatic rings. The first kappa shape index (κ1) is 17.4. The van der Waals surface area contributed by atoms with Crippen molar-refractivity contribution in [2.75, 3.05) is 18.4 Å². The van der Waals surface area contributed by atoms with E-state index < -0.39 is 0 Å². The quantitative estimate of drug-likeness (QED) is 0.828. The summed E-state index contributed by atoms with van der Waals surface area (Å²) in [6.07, 6.45) is 1.54. The van der Waals surface area contributed by atoms with Gasteiger partial charge in [-0.25, -0.2) is 4.39 Å². The van der Waals surface area contributed by atoms with Gasteiger partial charge in [-0.15, -0.1) is 0 Å². The molecule has 0 radical (unpaired) electrons. The number of likely N-dealkylation sites (tertiary alicyclic amines) is 1. The first-order chi connectivity index (χ1) is 12.0. The molecular weight excluding hydrogens is 319 g/mol. The molecule has 1 heterocycles. The lowest BCUT2D eigenvalue weighted by Crippen LogP contribution is -2.39. The molecular formula is C20H23FN2O2. The maximum absolute atomic E-state index is 13.1. The molecule has 1 aliphatic heterocycles. The predicted molar refractivity (Wildman–Crippen MR) is 95.8 cm³/mol. The number of halogens is 1. The smallest absolute Gasteiger partial charge is 0.227 e. The van der Waals surface area contributed by atoms with Crippen molar-refractivity contribution >= 4 is 11.6 Å². The van der Waals surface area contributed by atoms with Gasteiger partial charge >= 0.3 is 0 Å². The van der Waals surface area contributed by atoms with Gasteiger partial charge in [-0.05, 0) is 62.7 Å². The Labute approximate surface area is 147 Å². The number of amides is 1. The third-order valence-electron chi connectivity index (χ3n) is 4.96. The number of hydrogen-bond donors (Lipinski definition) is 2. The monoisotopic (exact) mass is 342 g/mol. The summed E-state index contributed by atoms with van der Waals surface area (Å²) in [5, 5.41) is 12.6. The van der Waals surface area contributed by atoms with E-state index in [-0.39, 0.29) is 29.4 Å². The van der Waals surface area contributed by atoms with E-state index in [2.05, 4.69) is 17.1 Å². The molecule has 25 heavy (non-hydrogen) atoms. The number of benzene rings is 2. The first-order valence-electron chi connectivity index (χ1n) is 8.63. The van der Waals surface area contributed by atoms with E-state index in [1.807, 2.05) is 12.1 Å². The largest absolute Gasteiger partial charge is 0.506 e. The second-order valence-corrected chi connectivity index (χ2v) is 6.54. The molecule has 1 unspecified atom stereocenters. The van der Waals surface area contributed by atoms with Gasteiger partial charge in [-0.2, -0.15) is 0 Å². The van der Waals surface area contributed by atoms with Crippen LogP contribution in [0.5, 0.6) is 5.75 Å². The molecule has 0 aromatic heterocycles. The lowest BCUT2D eigenvalue weighted by atomic mass is 9.93. The zero-order valence-electron chi connectivity index (χ0n) is 14.3. The summed E-state index contributed by atoms with van der Waals surface area (Å²) in [4.78, 5) is 14.7. The first-order valence-corrected chi connectivity index (χ1v) is 8.63. The van der Waals surface area contributed by atoms with E-state index in [1.54, 1.807) is 24.3 Å². The molecule has 0 aliphatic carbocycles. The third kappa shape index (κ3) is 4.17. The number of phenols is 1. The van der Waals surface area contributed by atoms with Gasteiger partial charge in [0, 0.05) is 12.0 Å². The summed E-state index contributed by atoms with van der Waals surface area (Å²) in [5.41, 5.74) is 1.54. The molecule has 2 aromatic rings. The SMILES string of the molecule is CC(c1ccc(F)cc1)N1CCC(C(=O)Nc2ccccc2O)CC1. The fourth-order valence-electron chi connectivity index (χ4n) is 3.32. The number of rotatable bonds is 4. The van der Waals surface area contributed by atoms with Crippen LogP contribution in [0.3, 0.4) is 0 Å². The number of nitrogens with one attached hydrogen (secondary N) is 1. The molecule has 0 bridgehead atoms. The van der Waals surface area contributed by atoms with E-state index in [0.29, 0.717) is 5.69 Å². The zero-order chi connectivity index (χ0) is 17.8. The van der Waals surface area contributed by atoms with Gasteiger partial charge in [0.1, 0.15) is 11.6 Å². The Bertz CT molecular complexity index is 725. The molecule has 2 N–H and O–H groups in total. The van der Waals surface area contributed by atoms with Crippen molar-refractivity contribution in [1.29, 1.82) is 0 Å². The fraction of sp³-hybridized carbons (Fsp3) is 0.350. The minimum absolute atomic E-state index is 0.0458. The fourth-order valence-corrected chi connectivity index (χ4v) is 3.32. The van der Waals surface area contributed by atoms with E-state index >= 15 is 0 Å². The molecule has 1 atom stereocenters. The Morgan fingerprint density at radius 2 is 1.80 bits per heavy atom. The number of carbonyl (C=O) groups excluding carboxylic acids is 1. The van der Waals surface area contributed by atoms with Gasteiger partial charge in [0.05, 0.1) is 5.69 Å². The molecule has 3 rings (SSSR count). The van der Waals surface area contributed by atoms with Gasteiger partial charge in [0.25, 0.3) is 0 Å². The summed E-state index contributed by atoms with van der Waals surface area (Å²) >= 11 is 0. The maximum atomic E-state index is 13.1. The zero-order valence-corrected chi connectivity index (χ0v) is 14.3. The molecule has 132 valence electrons. The Morgan fingerprint density at radius 1 is 1.16 bits per heavy atom. The summed E-state index contributed by atoms with van der Waals surface area (Å²) < 4.78 is 13.1. The van der Waals surface area contributed by atoms with Crippen LogP contribution in [0.1, 0.15) is 31.4 Å². The van der Waals surface area contributed by atoms with Crippen molar-refractivity contribution in [3.8, 4) is 5.75 Å². The van der Waals surface area contributed by atoms with Crippen molar-refractivity contribution in [3.63, 3.8) is 0 Å². The van der Waals surface area contributed by atoms with Crippen molar-refractivity contribution in [2.45, 2.75) is 25.8 Å². The second-order valence-electron chi connectivity index (χ2n) is 6.54. The molecule has 0 saturated carbocycles. The number of carbonyl (C=O) groups is 1. The molecule has 5 heteroatoms. The van der Waals surface area contributed by atoms with E-state index in [0.717, 1.165) is 31.5 Å². The normalized spacial score (nSPS) is 17.2. The van der Waals surface area contributed by atoms with Gasteiger partial charge < -0.3 is 10.4 Å². The number of para-hydroxylation sites is 2. The average molecular weight is 342 g/mol. The molecule has 1 fully saturated rings. The molecule has 0 spiro atoms. The average Bonchev–Trinajstić information content (AvgIpc) is 2.64. The summed E-state index contributed by atoms with van der Waals surface area (Å²) in [6, 6.07) is 13.6. The Hall–Kier alpha value is -2.40. The van der Waals surface area contributed by atoms with Crippen LogP contribution in [0.4, 0.5) is 10.1 Å². The van der Waals surface area contributed by atoms with Gasteiger partial charge in [-0.3, -0.25) is 9.69 Å². The Kier molecular flexibility index (Phi) is 5.34. The highest BCUT2D eigenvalue weighted by atomic mass is 19.1. The molecule has 1 amide bonds. The van der Waals surface area contributed by atoms with Gasteiger partial charge in [-0.1, -0.05) is 24.3 Å². The van der Waals surface area contributed by atoms with E-state index in [9.17, 15) is 14.3 Å². The maximum Gasteiger partial charge on any atom is 0.227 e. The van der Waals surface area contributed by atoms with Crippen LogP contribution in [-0.2, 0) is 4.79 Å². The van der Waals surface area contributed by atoms with Crippen molar-refractivity contribution in [1.82, 2.24) is 4.90 Å². The van der Waals surface area contributed by atoms with E-state index in [4.69, 9.17) is 0 Å². The lowest BCUT2D eigenvalue weighted by molar-refractivity contribution is -0.121. The summed E-state index contributed by atoms with van der Waals surface area (Å²) in [5.74, 6) is -0.249. The molecule has 4 nitrogen and oxygen atoms in total. The molecule has 2 aromatic carbocycles. The summed E-state index contributed by atoms with van der Waals surface area (Å²) in [7, 11) is 0. The number of piperidine rings is 1. The minimum Gasteiger partial charge on any atom is -0.506 e. The number of phenolic OH excluding ortho intramolecular Hbond substituents is 1. The highest BCUT2D eigenvalue weighted by Gasteiger charge is 2.28. The van der Waals surface area contributed by atoms with Crippen LogP contribution in [-0.4, -0.2) is 29.0 Å². The Morgan fingerprint density at radius 3 is 2.44 bits per heavy atom. The number of nitrogens with zero attached hydrogens (tertiary/aromatic N) is 1. The van der Waals surface area contributed by atoms with Crippen LogP contribution in [0, 0.1) is 11.7 Å². The van der Waals surface area contributed by atoms with Crippen LogP contribution < -0.4 is 5.32 Å². The van der Waals surface area contributed by atoms with Crippen LogP contribution in [0.2, 0.25) is 0 Å². The number of hydrogen-bond acceptors (Lipinski definition) is 3. The van der Waals surface area contributed by atoms with Gasteiger partial charge in [0.15, 0.2) is 0 Å². The minimum atomic E-state index is -0.226. The van der Waals surface area contributed by atoms with E-state index in [1.165, 1.54) is 12.1 Å². The molecule has 1 saturated heterocycles. The highest BCUT2D eigenvalue weighted by Crippen LogP contribution is 2.28. The van der Waals surface area contributed by atoms with Crippen molar-refractivity contribution in [2.24, 2.45) is 5.92 Å². The standard InChI is InChI=1S/C20H23FN2O2/c1-14(15-6-8-17(21)9-7-15)23-12-10-16(11-13-23)20(25)22-18-4-2-3-5-19(18)24/h2-9,14,16,24H,10-13H2,1H3,(H,22,25). The highest BCUT2D eigenvalue weighted by molar-refractivity contribution is 5.93. The summed E-state index contributed by atoms with van der Waals surface area (Å²) in [6.45, 7) is 3.74. The number of anilines is 1.